The fraction of sp³-hybridized carbons (Fsp3) is 0.143. The van der Waals surface area contributed by atoms with Gasteiger partial charge in [-0.2, -0.15) is 0 Å². The van der Waals surface area contributed by atoms with Crippen molar-refractivity contribution >= 4 is 37.8 Å². The van der Waals surface area contributed by atoms with Crippen LogP contribution < -0.4 is 9.47 Å². The molecule has 5 nitrogen and oxygen atoms in total. The number of pyridine rings is 1. The number of halogens is 2. The highest BCUT2D eigenvalue weighted by Gasteiger charge is 2.12. The molecular weight excluding hydrogens is 406 g/mol. The highest BCUT2D eigenvalue weighted by molar-refractivity contribution is 9.13. The number of nitrogens with zero attached hydrogens (tertiary/aromatic N) is 1. The minimum absolute atomic E-state index is 0.428. The van der Waals surface area contributed by atoms with Crippen molar-refractivity contribution < 1.29 is 19.4 Å². The predicted molar refractivity (Wildman–Crippen MR) is 83.9 cm³/mol. The fourth-order valence-corrected chi connectivity index (χ4v) is 2.03. The van der Waals surface area contributed by atoms with Gasteiger partial charge in [0, 0.05) is 10.7 Å². The standard InChI is InChI=1S/C14H11Br2NO4/c1-8(14(18)19)20-9-2-4-10(5-3-9)21-13-12(16)11(15)6-7-17-13/h2-8H,1H3,(H,18,19). The summed E-state index contributed by atoms with van der Waals surface area (Å²) in [5.41, 5.74) is 0. The second kappa shape index (κ2) is 6.91. The lowest BCUT2D eigenvalue weighted by Gasteiger charge is -2.11. The molecule has 1 aromatic heterocycles. The van der Waals surface area contributed by atoms with Crippen LogP contribution in [0.15, 0.2) is 45.5 Å². The summed E-state index contributed by atoms with van der Waals surface area (Å²) in [7, 11) is 0. The van der Waals surface area contributed by atoms with Crippen molar-refractivity contribution in [2.45, 2.75) is 13.0 Å². The molecule has 0 bridgehead atoms. The van der Waals surface area contributed by atoms with Crippen LogP contribution in [0.5, 0.6) is 17.4 Å². The zero-order chi connectivity index (χ0) is 15.4. The Balaban J connectivity index is 2.09. The third kappa shape index (κ3) is 4.18. The first-order valence-electron chi connectivity index (χ1n) is 5.94. The summed E-state index contributed by atoms with van der Waals surface area (Å²) in [4.78, 5) is 14.8. The molecular formula is C14H11Br2NO4. The van der Waals surface area contributed by atoms with E-state index in [9.17, 15) is 4.79 Å². The van der Waals surface area contributed by atoms with Crippen molar-refractivity contribution in [3.8, 4) is 17.4 Å². The Labute approximate surface area is 138 Å². The zero-order valence-electron chi connectivity index (χ0n) is 10.9. The molecule has 1 unspecified atom stereocenters. The first-order chi connectivity index (χ1) is 9.97. The van der Waals surface area contributed by atoms with E-state index in [1.165, 1.54) is 6.92 Å². The molecule has 0 aliphatic rings. The van der Waals surface area contributed by atoms with Crippen molar-refractivity contribution in [2.24, 2.45) is 0 Å². The van der Waals surface area contributed by atoms with Gasteiger partial charge in [0.2, 0.25) is 5.88 Å². The summed E-state index contributed by atoms with van der Waals surface area (Å²) in [5, 5.41) is 8.78. The Bertz CT molecular complexity index is 646. The second-order valence-corrected chi connectivity index (χ2v) is 5.73. The number of hydrogen-bond donors (Lipinski definition) is 1. The van der Waals surface area contributed by atoms with Crippen LogP contribution in [-0.2, 0) is 4.79 Å². The van der Waals surface area contributed by atoms with Crippen LogP contribution in [0.1, 0.15) is 6.92 Å². The van der Waals surface area contributed by atoms with E-state index in [-0.39, 0.29) is 0 Å². The van der Waals surface area contributed by atoms with Gasteiger partial charge in [-0.15, -0.1) is 0 Å². The summed E-state index contributed by atoms with van der Waals surface area (Å²) in [6, 6.07) is 8.43. The molecule has 2 aromatic rings. The average molecular weight is 417 g/mol. The van der Waals surface area contributed by atoms with E-state index in [0.29, 0.717) is 21.9 Å². The molecule has 1 heterocycles. The first kappa shape index (κ1) is 15.8. The molecule has 1 atom stereocenters. The lowest BCUT2D eigenvalue weighted by molar-refractivity contribution is -0.144. The van der Waals surface area contributed by atoms with Crippen molar-refractivity contribution in [1.82, 2.24) is 4.98 Å². The molecule has 0 radical (unpaired) electrons. The quantitative estimate of drug-likeness (QED) is 0.788. The van der Waals surface area contributed by atoms with Gasteiger partial charge < -0.3 is 14.6 Å². The molecule has 0 aliphatic carbocycles. The maximum atomic E-state index is 10.7. The monoisotopic (exact) mass is 415 g/mol. The maximum Gasteiger partial charge on any atom is 0.344 e. The molecule has 7 heteroatoms. The van der Waals surface area contributed by atoms with E-state index in [1.54, 1.807) is 36.5 Å². The Hall–Kier alpha value is -1.60. The minimum atomic E-state index is -1.02. The first-order valence-corrected chi connectivity index (χ1v) is 7.53. The normalized spacial score (nSPS) is 11.8. The number of carboxylic acids is 1. The van der Waals surface area contributed by atoms with Crippen molar-refractivity contribution in [1.29, 1.82) is 0 Å². The van der Waals surface area contributed by atoms with Crippen LogP contribution in [0.4, 0.5) is 0 Å². The van der Waals surface area contributed by atoms with Crippen LogP contribution in [0, 0.1) is 0 Å². The van der Waals surface area contributed by atoms with Crippen molar-refractivity contribution in [2.75, 3.05) is 0 Å². The van der Waals surface area contributed by atoms with Crippen LogP contribution in [-0.4, -0.2) is 22.2 Å². The van der Waals surface area contributed by atoms with Gasteiger partial charge in [0.05, 0.1) is 4.47 Å². The maximum absolute atomic E-state index is 10.7. The topological polar surface area (TPSA) is 68.7 Å². The summed E-state index contributed by atoms with van der Waals surface area (Å²) in [5.74, 6) is 0.435. The van der Waals surface area contributed by atoms with Gasteiger partial charge in [0.15, 0.2) is 6.10 Å². The highest BCUT2D eigenvalue weighted by atomic mass is 79.9. The predicted octanol–water partition coefficient (Wildman–Crippen LogP) is 4.25. The van der Waals surface area contributed by atoms with E-state index in [4.69, 9.17) is 14.6 Å². The fourth-order valence-electron chi connectivity index (χ4n) is 1.43. The van der Waals surface area contributed by atoms with Crippen molar-refractivity contribution in [3.63, 3.8) is 0 Å². The van der Waals surface area contributed by atoms with Crippen LogP contribution in [0.3, 0.4) is 0 Å². The lowest BCUT2D eigenvalue weighted by atomic mass is 10.3. The lowest BCUT2D eigenvalue weighted by Crippen LogP contribution is -2.22. The Morgan fingerprint density at radius 3 is 2.43 bits per heavy atom. The second-order valence-electron chi connectivity index (χ2n) is 4.08. The number of aromatic nitrogens is 1. The van der Waals surface area contributed by atoms with Gasteiger partial charge in [0.1, 0.15) is 11.5 Å². The Morgan fingerprint density at radius 1 is 1.19 bits per heavy atom. The smallest absolute Gasteiger partial charge is 0.344 e. The van der Waals surface area contributed by atoms with E-state index in [0.717, 1.165) is 4.47 Å². The molecule has 2 rings (SSSR count). The van der Waals surface area contributed by atoms with E-state index >= 15 is 0 Å². The SMILES string of the molecule is CC(Oc1ccc(Oc2nccc(Br)c2Br)cc1)C(=O)O. The van der Waals surface area contributed by atoms with Gasteiger partial charge in [-0.1, -0.05) is 0 Å². The number of rotatable bonds is 5. The van der Waals surface area contributed by atoms with Gasteiger partial charge >= 0.3 is 5.97 Å². The summed E-state index contributed by atoms with van der Waals surface area (Å²) < 4.78 is 12.4. The van der Waals surface area contributed by atoms with Crippen LogP contribution in [0.25, 0.3) is 0 Å². The molecule has 1 N–H and O–H groups in total. The molecule has 0 saturated heterocycles. The minimum Gasteiger partial charge on any atom is -0.479 e. The molecule has 0 aliphatic heterocycles. The average Bonchev–Trinajstić information content (AvgIpc) is 2.46. The van der Waals surface area contributed by atoms with E-state index < -0.39 is 12.1 Å². The number of carbonyl (C=O) groups is 1. The Kier molecular flexibility index (Phi) is 5.19. The molecule has 0 saturated carbocycles. The van der Waals surface area contributed by atoms with Crippen LogP contribution in [0.2, 0.25) is 0 Å². The van der Waals surface area contributed by atoms with Gasteiger partial charge in [-0.3, -0.25) is 0 Å². The summed E-state index contributed by atoms with van der Waals surface area (Å²) >= 11 is 6.75. The number of carboxylic acid groups (broad SMARTS) is 1. The zero-order valence-corrected chi connectivity index (χ0v) is 14.1. The van der Waals surface area contributed by atoms with E-state index in [2.05, 4.69) is 36.8 Å². The molecule has 0 spiro atoms. The third-order valence-electron chi connectivity index (χ3n) is 2.51. The number of hydrogen-bond acceptors (Lipinski definition) is 4. The van der Waals surface area contributed by atoms with Gasteiger partial charge in [0.25, 0.3) is 0 Å². The van der Waals surface area contributed by atoms with E-state index in [1.807, 2.05) is 0 Å². The van der Waals surface area contributed by atoms with Gasteiger partial charge in [-0.25, -0.2) is 9.78 Å². The third-order valence-corrected chi connectivity index (χ3v) is 4.47. The Morgan fingerprint density at radius 2 is 1.81 bits per heavy atom. The number of ether oxygens (including phenoxy) is 2. The summed E-state index contributed by atoms with van der Waals surface area (Å²) in [6.45, 7) is 1.47. The highest BCUT2D eigenvalue weighted by Crippen LogP contribution is 2.33. The molecule has 110 valence electrons. The number of benzene rings is 1. The molecule has 0 amide bonds. The number of aliphatic carboxylic acids is 1. The van der Waals surface area contributed by atoms with Crippen molar-refractivity contribution in [3.05, 3.63) is 45.5 Å². The summed E-state index contributed by atoms with van der Waals surface area (Å²) in [6.07, 6.45) is 0.716. The van der Waals surface area contributed by atoms with Crippen LogP contribution >= 0.6 is 31.9 Å². The van der Waals surface area contributed by atoms with Gasteiger partial charge in [-0.05, 0) is 69.1 Å². The molecule has 0 fully saturated rings. The molecule has 21 heavy (non-hydrogen) atoms. The molecule has 1 aromatic carbocycles. The largest absolute Gasteiger partial charge is 0.479 e.